The molecule has 20 heteroatoms. The fraction of sp³-hybridized carbons (Fsp3) is 0.650. The highest BCUT2D eigenvalue weighted by Gasteiger charge is 2.28. The second kappa shape index (κ2) is 61.8. The van der Waals surface area contributed by atoms with Gasteiger partial charge in [-0.2, -0.15) is 20.1 Å². The van der Waals surface area contributed by atoms with E-state index in [4.69, 9.17) is 22.7 Å². The normalized spacial score (nSPS) is 12.0. The van der Waals surface area contributed by atoms with Crippen molar-refractivity contribution in [3.63, 3.8) is 0 Å². The summed E-state index contributed by atoms with van der Waals surface area (Å²) in [5, 5.41) is 19.7. The van der Waals surface area contributed by atoms with Gasteiger partial charge in [0.1, 0.15) is 36.8 Å². The van der Waals surface area contributed by atoms with Crippen molar-refractivity contribution in [2.45, 2.75) is 502 Å². The maximum absolute atomic E-state index is 5.73. The summed E-state index contributed by atoms with van der Waals surface area (Å²) in [5.41, 5.74) is 13.7. The summed E-state index contributed by atoms with van der Waals surface area (Å²) in [6.45, 7) is 115. The molecular formula is C120H200N10O5S5. The van der Waals surface area contributed by atoms with Crippen LogP contribution in [-0.4, -0.2) is 62.1 Å². The number of oxazole rings is 1. The van der Waals surface area contributed by atoms with Crippen LogP contribution in [0.5, 0.6) is 11.5 Å². The molecule has 0 radical (unpaired) electrons. The molecule has 0 atom stereocenters. The first kappa shape index (κ1) is 129. The Balaban J connectivity index is 0.000000517. The molecule has 0 saturated heterocycles. The zero-order chi connectivity index (χ0) is 107. The van der Waals surface area contributed by atoms with Gasteiger partial charge < -0.3 is 31.9 Å². The van der Waals surface area contributed by atoms with Gasteiger partial charge in [-0.25, -0.2) is 15.0 Å². The number of hydrogen-bond donors (Lipinski definition) is 0. The quantitative estimate of drug-likeness (QED) is 0.0637. The van der Waals surface area contributed by atoms with Crippen molar-refractivity contribution < 1.29 is 22.7 Å². The van der Waals surface area contributed by atoms with E-state index in [2.05, 4.69) is 477 Å². The van der Waals surface area contributed by atoms with Crippen molar-refractivity contribution in [3.8, 4) is 11.5 Å². The first-order valence-electron chi connectivity index (χ1n) is 52.7. The predicted octanol–water partition coefficient (Wildman–Crippen LogP) is 40.4. The van der Waals surface area contributed by atoms with Crippen LogP contribution in [0.1, 0.15) is 596 Å². The number of aromatic nitrogens is 10. The molecule has 0 saturated carbocycles. The van der Waals surface area contributed by atoms with Crippen LogP contribution >= 0.6 is 56.7 Å². The standard InChI is InChI=1S/C12H21N.C12H18O2S.C11H18O.C11H18S.C10H17N.C10H16O.C10H16S.C9H16N2.C9H15NO.2C9H15NS.C8H15N3/c1-8(2)12-7-10(5)13(9(3)4)11(12)6;1-7(2)11-9-10(14-6-5-13-9)12(15-11)8(3)4;2*1-8(2)10-6-9(7-12-10)11(3,4)5;1-8(2)10-5-6-11(7-10)9(3)4;2*1-7(2)9-5-6-10(11-9)8(3)4;1-7(2)9-5-10-11(6-9)8(3)4;2*1-6(2)8-5-11-9(10-8)7(3)4;1-6(2)8-5-10-9(11-8)7(3)4;1-6(2)8-5-9-11(10-8)7(3)4/h7-9H,1-6H3;7-8H,5-6H2,1-4H3;2*6-8H,1-5H3;5-9H,1-4H3;3*5-8H,1-4H3;4*5-7H,1-4H3. The summed E-state index contributed by atoms with van der Waals surface area (Å²) < 4.78 is 34.5. The van der Waals surface area contributed by atoms with Gasteiger partial charge in [0.15, 0.2) is 17.4 Å². The van der Waals surface area contributed by atoms with Crippen LogP contribution in [0.25, 0.3) is 0 Å². The molecule has 0 bridgehead atoms. The molecule has 0 N–H and O–H groups in total. The van der Waals surface area contributed by atoms with Gasteiger partial charge in [-0.1, -0.05) is 291 Å². The molecule has 13 heterocycles. The van der Waals surface area contributed by atoms with Crippen molar-refractivity contribution in [1.82, 2.24) is 48.9 Å². The lowest BCUT2D eigenvalue weighted by atomic mass is 9.89. The number of fused-ring (bicyclic) bond motifs is 1. The van der Waals surface area contributed by atoms with E-state index in [9.17, 15) is 0 Å². The minimum absolute atomic E-state index is 0.205. The van der Waals surface area contributed by atoms with Crippen molar-refractivity contribution in [1.29, 1.82) is 0 Å². The number of rotatable bonds is 22. The fourth-order valence-electron chi connectivity index (χ4n) is 13.3. The van der Waals surface area contributed by atoms with Crippen LogP contribution in [0.4, 0.5) is 0 Å². The molecule has 790 valence electrons. The smallest absolute Gasteiger partial charge is 0.196 e. The molecule has 15 nitrogen and oxygen atoms in total. The second-order valence-electron chi connectivity index (χ2n) is 46.1. The van der Waals surface area contributed by atoms with Crippen molar-refractivity contribution >= 4 is 56.7 Å². The maximum Gasteiger partial charge on any atom is 0.196 e. The van der Waals surface area contributed by atoms with Crippen LogP contribution in [0.15, 0.2) is 122 Å². The van der Waals surface area contributed by atoms with Gasteiger partial charge in [0.25, 0.3) is 0 Å². The Bertz CT molecular complexity index is 4400. The Kier molecular flexibility index (Phi) is 56.8. The number of thiophene rings is 3. The van der Waals surface area contributed by atoms with E-state index in [-0.39, 0.29) is 5.41 Å². The third-order valence-corrected chi connectivity index (χ3v) is 30.5. The lowest BCUT2D eigenvalue weighted by molar-refractivity contribution is 0.170. The maximum atomic E-state index is 5.73. The van der Waals surface area contributed by atoms with Crippen LogP contribution in [0.3, 0.4) is 0 Å². The average Bonchev–Trinajstić information content (AvgIpc) is 1.63. The topological polar surface area (TPSA) is 155 Å². The first-order valence-corrected chi connectivity index (χ1v) is 56.9. The molecule has 0 spiro atoms. The summed E-state index contributed by atoms with van der Waals surface area (Å²) in [4.78, 5) is 23.5. The molecule has 0 aliphatic carbocycles. The van der Waals surface area contributed by atoms with E-state index in [1.54, 1.807) is 22.4 Å². The van der Waals surface area contributed by atoms with Crippen molar-refractivity contribution in [2.24, 2.45) is 0 Å². The largest absolute Gasteiger partial charge is 0.485 e. The predicted molar refractivity (Wildman–Crippen MR) is 615 cm³/mol. The number of hydrogen-bond acceptors (Lipinski definition) is 16. The summed E-state index contributed by atoms with van der Waals surface area (Å²) >= 11 is 9.29. The molecule has 1 aliphatic rings. The van der Waals surface area contributed by atoms with Crippen LogP contribution in [0, 0.1) is 13.8 Å². The van der Waals surface area contributed by atoms with E-state index in [0.29, 0.717) is 149 Å². The average molecular weight is 2020 g/mol. The monoisotopic (exact) mass is 2020 g/mol. The van der Waals surface area contributed by atoms with Gasteiger partial charge >= 0.3 is 0 Å². The number of aryl methyl sites for hydroxylation is 1. The molecule has 0 aromatic carbocycles. The van der Waals surface area contributed by atoms with Crippen LogP contribution in [0.2, 0.25) is 0 Å². The third-order valence-electron chi connectivity index (χ3n) is 23.1. The summed E-state index contributed by atoms with van der Waals surface area (Å²) in [6, 6.07) is 19.7. The molecule has 0 amide bonds. The molecular weight excluding hydrogens is 1820 g/mol. The zero-order valence-electron chi connectivity index (χ0n) is 98.1. The van der Waals surface area contributed by atoms with E-state index in [1.807, 2.05) is 74.9 Å². The zero-order valence-corrected chi connectivity index (χ0v) is 102. The highest BCUT2D eigenvalue weighted by Crippen LogP contribution is 2.50. The van der Waals surface area contributed by atoms with E-state index in [0.717, 1.165) is 46.1 Å². The molecule has 0 unspecified atom stereocenters. The van der Waals surface area contributed by atoms with Crippen molar-refractivity contribution in [2.75, 3.05) is 13.2 Å². The highest BCUT2D eigenvalue weighted by atomic mass is 32.1. The molecule has 1 aliphatic heterocycles. The second-order valence-corrected chi connectivity index (χ2v) is 51.2. The van der Waals surface area contributed by atoms with Gasteiger partial charge in [0.2, 0.25) is 0 Å². The molecule has 12 aromatic heterocycles. The Morgan fingerprint density at radius 2 is 0.843 bits per heavy atom. The third kappa shape index (κ3) is 44.7. The van der Waals surface area contributed by atoms with Crippen molar-refractivity contribution in [3.05, 3.63) is 228 Å². The number of ether oxygens (including phenoxy) is 2. The summed E-state index contributed by atoms with van der Waals surface area (Å²) in [6.07, 6.45) is 15.9. The van der Waals surface area contributed by atoms with E-state index < -0.39 is 0 Å². The molecule has 13 rings (SSSR count). The Morgan fingerprint density at radius 1 is 0.350 bits per heavy atom. The number of furan rings is 2. The SMILES string of the molecule is CC(C)c1cc(C(C)(C)C)co1.CC(C)c1cc(C(C)(C)C)cs1.CC(C)c1ccc(C(C)C)o1.CC(C)c1ccc(C(C)C)s1.CC(C)c1ccn(C(C)C)c1.CC(C)c1cnc(C(C)C)s1.CC(C)c1cnn(C(C)C)c1.CC(C)c1cnn(C(C)C)n1.CC(C)c1coc(C(C)C)n1.CC(C)c1csc(C(C)C)n1.CC(C)c1sc(C(C)C)c2c1OCCO2.Cc1cc(C(C)C)c(C)n1C(C)C. The van der Waals surface area contributed by atoms with Gasteiger partial charge in [-0.15, -0.1) is 56.7 Å². The number of thiazole rings is 2. The minimum atomic E-state index is 0.205. The lowest BCUT2D eigenvalue weighted by Crippen LogP contribution is -2.15. The summed E-state index contributed by atoms with van der Waals surface area (Å²) in [5.74, 6) is 16.2. The number of nitrogens with zero attached hydrogens (tertiary/aromatic N) is 10. The Labute approximate surface area is 875 Å². The lowest BCUT2D eigenvalue weighted by Gasteiger charge is -2.18. The van der Waals surface area contributed by atoms with Crippen LogP contribution < -0.4 is 9.47 Å². The van der Waals surface area contributed by atoms with Gasteiger partial charge in [-0.05, 0) is 233 Å². The molecule has 12 aromatic rings. The van der Waals surface area contributed by atoms with Crippen LogP contribution in [-0.2, 0) is 10.8 Å². The van der Waals surface area contributed by atoms with Gasteiger partial charge in [0.05, 0.1) is 61.6 Å². The fourth-order valence-corrected chi connectivity index (χ4v) is 18.6. The highest BCUT2D eigenvalue weighted by molar-refractivity contribution is 7.13. The van der Waals surface area contributed by atoms with Gasteiger partial charge in [0, 0.05) is 115 Å². The first-order chi connectivity index (χ1) is 64.7. The van der Waals surface area contributed by atoms with E-state index in [1.165, 1.54) is 84.2 Å². The van der Waals surface area contributed by atoms with E-state index >= 15 is 0 Å². The Hall–Kier alpha value is -7.36. The molecule has 140 heavy (non-hydrogen) atoms. The Morgan fingerprint density at radius 3 is 1.10 bits per heavy atom. The molecule has 0 fully saturated rings. The minimum Gasteiger partial charge on any atom is -0.485 e. The van der Waals surface area contributed by atoms with Gasteiger partial charge in [-0.3, -0.25) is 4.68 Å². The summed E-state index contributed by atoms with van der Waals surface area (Å²) in [7, 11) is 0.